The van der Waals surface area contributed by atoms with Gasteiger partial charge in [-0.3, -0.25) is 4.79 Å². The minimum absolute atomic E-state index is 0.0908. The molecule has 0 spiro atoms. The highest BCUT2D eigenvalue weighted by Crippen LogP contribution is 2.09. The second-order valence-corrected chi connectivity index (χ2v) is 4.41. The topological polar surface area (TPSA) is 22.0 Å². The minimum Gasteiger partial charge on any atom is -0.313 e. The van der Waals surface area contributed by atoms with E-state index in [4.69, 9.17) is 11.6 Å². The van der Waals surface area contributed by atoms with E-state index in [0.29, 0.717) is 11.8 Å². The lowest BCUT2D eigenvalue weighted by atomic mass is 10.1. The molecule has 0 aromatic carbocycles. The summed E-state index contributed by atoms with van der Waals surface area (Å²) >= 11 is 5.67. The maximum absolute atomic E-state index is 11.5. The van der Waals surface area contributed by atoms with Crippen LogP contribution in [0.25, 0.3) is 0 Å². The second kappa shape index (κ2) is 5.96. The zero-order valence-electron chi connectivity index (χ0n) is 9.37. The Labute approximate surface area is 95.9 Å². The molecule has 0 radical (unpaired) electrons. The number of halogens is 1. The van der Waals surface area contributed by atoms with Gasteiger partial charge in [0.1, 0.15) is 0 Å². The van der Waals surface area contributed by atoms with Crippen molar-refractivity contribution in [2.45, 2.75) is 33.2 Å². The van der Waals surface area contributed by atoms with E-state index >= 15 is 0 Å². The Kier molecular flexibility index (Phi) is 4.89. The first-order valence-electron chi connectivity index (χ1n) is 5.37. The van der Waals surface area contributed by atoms with Gasteiger partial charge < -0.3 is 4.57 Å². The van der Waals surface area contributed by atoms with E-state index in [1.807, 2.05) is 17.6 Å². The van der Waals surface area contributed by atoms with Crippen LogP contribution in [-0.2, 0) is 6.54 Å². The van der Waals surface area contributed by atoms with Crippen LogP contribution in [-0.4, -0.2) is 10.4 Å². The molecule has 1 atom stereocenters. The molecule has 2 nitrogen and oxygen atoms in total. The molecule has 3 heteroatoms. The van der Waals surface area contributed by atoms with Crippen LogP contribution in [0.2, 0.25) is 0 Å². The smallest absolute Gasteiger partial charge is 0.250 e. The van der Waals surface area contributed by atoms with Crippen LogP contribution in [0.5, 0.6) is 0 Å². The van der Waals surface area contributed by atoms with Gasteiger partial charge in [-0.1, -0.05) is 13.0 Å². The third-order valence-corrected chi connectivity index (χ3v) is 2.93. The lowest BCUT2D eigenvalue weighted by Gasteiger charge is -2.12. The van der Waals surface area contributed by atoms with Gasteiger partial charge in [0.05, 0.1) is 0 Å². The zero-order valence-corrected chi connectivity index (χ0v) is 10.1. The molecule has 0 saturated heterocycles. The third kappa shape index (κ3) is 3.71. The highest BCUT2D eigenvalue weighted by molar-refractivity contribution is 6.17. The molecule has 0 aliphatic rings. The number of hydrogen-bond acceptors (Lipinski definition) is 1. The molecule has 1 unspecified atom stereocenters. The van der Waals surface area contributed by atoms with E-state index < -0.39 is 0 Å². The molecule has 1 aromatic heterocycles. The van der Waals surface area contributed by atoms with Crippen molar-refractivity contribution in [3.05, 3.63) is 34.2 Å². The molecule has 0 bridgehead atoms. The standard InChI is InChI=1S/C12H18ClNO/c1-10(6-8-13)7-9-14-11(2)4-3-5-12(14)15/h3-5,10H,6-9H2,1-2H3. The van der Waals surface area contributed by atoms with Crippen molar-refractivity contribution in [1.82, 2.24) is 4.57 Å². The predicted octanol–water partition coefficient (Wildman–Crippen LogP) is 2.81. The second-order valence-electron chi connectivity index (χ2n) is 4.03. The number of aromatic nitrogens is 1. The van der Waals surface area contributed by atoms with Gasteiger partial charge in [0.2, 0.25) is 0 Å². The van der Waals surface area contributed by atoms with E-state index in [-0.39, 0.29) is 5.56 Å². The molecular formula is C12H18ClNO. The largest absolute Gasteiger partial charge is 0.313 e. The lowest BCUT2D eigenvalue weighted by molar-refractivity contribution is 0.460. The van der Waals surface area contributed by atoms with Crippen molar-refractivity contribution in [2.75, 3.05) is 5.88 Å². The van der Waals surface area contributed by atoms with Crippen LogP contribution in [0.3, 0.4) is 0 Å². The maximum Gasteiger partial charge on any atom is 0.250 e. The van der Waals surface area contributed by atoms with Crippen LogP contribution in [0.1, 0.15) is 25.5 Å². The molecule has 0 aliphatic heterocycles. The van der Waals surface area contributed by atoms with E-state index in [1.54, 1.807) is 12.1 Å². The maximum atomic E-state index is 11.5. The summed E-state index contributed by atoms with van der Waals surface area (Å²) in [7, 11) is 0. The molecule has 0 amide bonds. The van der Waals surface area contributed by atoms with Crippen molar-refractivity contribution < 1.29 is 0 Å². The summed E-state index contributed by atoms with van der Waals surface area (Å²) < 4.78 is 1.82. The number of hydrogen-bond donors (Lipinski definition) is 0. The van der Waals surface area contributed by atoms with Gasteiger partial charge in [-0.2, -0.15) is 0 Å². The Morgan fingerprint density at radius 1 is 1.40 bits per heavy atom. The Bertz CT molecular complexity index is 359. The first-order chi connectivity index (χ1) is 7.15. The molecule has 0 saturated carbocycles. The van der Waals surface area contributed by atoms with Gasteiger partial charge in [-0.05, 0) is 31.7 Å². The Morgan fingerprint density at radius 2 is 2.13 bits per heavy atom. The van der Waals surface area contributed by atoms with E-state index in [9.17, 15) is 4.79 Å². The van der Waals surface area contributed by atoms with Gasteiger partial charge in [0.25, 0.3) is 5.56 Å². The van der Waals surface area contributed by atoms with Crippen molar-refractivity contribution >= 4 is 11.6 Å². The highest BCUT2D eigenvalue weighted by atomic mass is 35.5. The number of nitrogens with zero attached hydrogens (tertiary/aromatic N) is 1. The van der Waals surface area contributed by atoms with Gasteiger partial charge >= 0.3 is 0 Å². The summed E-state index contributed by atoms with van der Waals surface area (Å²) in [6.45, 7) is 4.93. The summed E-state index contributed by atoms with van der Waals surface area (Å²) in [5, 5.41) is 0. The third-order valence-electron chi connectivity index (χ3n) is 2.72. The summed E-state index contributed by atoms with van der Waals surface area (Å²) in [5.41, 5.74) is 1.12. The molecule has 15 heavy (non-hydrogen) atoms. The molecule has 1 rings (SSSR count). The molecule has 0 fully saturated rings. The number of rotatable bonds is 5. The molecule has 0 N–H and O–H groups in total. The Hall–Kier alpha value is -0.760. The summed E-state index contributed by atoms with van der Waals surface area (Å²) in [6, 6.07) is 5.38. The summed E-state index contributed by atoms with van der Waals surface area (Å²) in [4.78, 5) is 11.5. The first-order valence-corrected chi connectivity index (χ1v) is 5.91. The van der Waals surface area contributed by atoms with Crippen molar-refractivity contribution in [1.29, 1.82) is 0 Å². The molecule has 84 valence electrons. The Balaban J connectivity index is 2.61. The minimum atomic E-state index is 0.0908. The summed E-state index contributed by atoms with van der Waals surface area (Å²) in [5.74, 6) is 1.28. The van der Waals surface area contributed by atoms with Crippen molar-refractivity contribution in [3.8, 4) is 0 Å². The normalized spacial score (nSPS) is 12.7. The fourth-order valence-electron chi connectivity index (χ4n) is 1.59. The van der Waals surface area contributed by atoms with Crippen molar-refractivity contribution in [2.24, 2.45) is 5.92 Å². The van der Waals surface area contributed by atoms with Crippen LogP contribution >= 0.6 is 11.6 Å². The molecule has 1 aromatic rings. The zero-order chi connectivity index (χ0) is 11.3. The van der Waals surface area contributed by atoms with Crippen LogP contribution < -0.4 is 5.56 Å². The van der Waals surface area contributed by atoms with Gasteiger partial charge in [0, 0.05) is 24.2 Å². The average Bonchev–Trinajstić information content (AvgIpc) is 2.17. The quantitative estimate of drug-likeness (QED) is 0.709. The highest BCUT2D eigenvalue weighted by Gasteiger charge is 2.04. The van der Waals surface area contributed by atoms with E-state index in [2.05, 4.69) is 6.92 Å². The lowest BCUT2D eigenvalue weighted by Crippen LogP contribution is -2.22. The average molecular weight is 228 g/mol. The van der Waals surface area contributed by atoms with Crippen LogP contribution in [0.15, 0.2) is 23.0 Å². The van der Waals surface area contributed by atoms with Crippen LogP contribution in [0.4, 0.5) is 0 Å². The fraction of sp³-hybridized carbons (Fsp3) is 0.583. The molecule has 0 aliphatic carbocycles. The number of alkyl halides is 1. The number of pyridine rings is 1. The van der Waals surface area contributed by atoms with Crippen LogP contribution in [0, 0.1) is 12.8 Å². The van der Waals surface area contributed by atoms with Gasteiger partial charge in [-0.15, -0.1) is 11.6 Å². The van der Waals surface area contributed by atoms with Gasteiger partial charge in [0.15, 0.2) is 0 Å². The van der Waals surface area contributed by atoms with Crippen molar-refractivity contribution in [3.63, 3.8) is 0 Å². The number of aryl methyl sites for hydroxylation is 1. The monoisotopic (exact) mass is 227 g/mol. The Morgan fingerprint density at radius 3 is 2.73 bits per heavy atom. The van der Waals surface area contributed by atoms with E-state index in [1.165, 1.54) is 0 Å². The molecular weight excluding hydrogens is 210 g/mol. The first kappa shape index (κ1) is 12.3. The van der Waals surface area contributed by atoms with E-state index in [0.717, 1.165) is 25.1 Å². The predicted molar refractivity (Wildman–Crippen MR) is 64.6 cm³/mol. The SMILES string of the molecule is Cc1cccc(=O)n1CCC(C)CCCl. The summed E-state index contributed by atoms with van der Waals surface area (Å²) in [6.07, 6.45) is 2.03. The molecule has 1 heterocycles. The van der Waals surface area contributed by atoms with Gasteiger partial charge in [-0.25, -0.2) is 0 Å². The fourth-order valence-corrected chi connectivity index (χ4v) is 1.96.